The van der Waals surface area contributed by atoms with Crippen LogP contribution >= 0.6 is 11.6 Å². The van der Waals surface area contributed by atoms with Crippen molar-refractivity contribution in [3.8, 4) is 0 Å². The van der Waals surface area contributed by atoms with E-state index in [1.165, 1.54) is 24.3 Å². The van der Waals surface area contributed by atoms with Gasteiger partial charge in [-0.15, -0.1) is 0 Å². The molecule has 0 aliphatic carbocycles. The van der Waals surface area contributed by atoms with Gasteiger partial charge in [-0.05, 0) is 66.6 Å². The molecule has 2 N–H and O–H groups in total. The van der Waals surface area contributed by atoms with Crippen LogP contribution < -0.4 is 10.0 Å². The minimum atomic E-state index is -3.75. The highest BCUT2D eigenvalue weighted by molar-refractivity contribution is 7.92. The molecule has 1 aromatic heterocycles. The zero-order valence-electron chi connectivity index (χ0n) is 14.8. The number of nitrogens with one attached hydrogen (secondary N) is 2. The molecule has 3 rings (SSSR count). The van der Waals surface area contributed by atoms with Crippen LogP contribution in [0.5, 0.6) is 0 Å². The number of nitrogens with zero attached hydrogens (tertiary/aromatic N) is 1. The molecule has 3 aromatic rings. The molecule has 0 aliphatic rings. The van der Waals surface area contributed by atoms with Crippen molar-refractivity contribution >= 4 is 33.2 Å². The van der Waals surface area contributed by atoms with E-state index in [9.17, 15) is 13.2 Å². The first kappa shape index (κ1) is 19.9. The maximum Gasteiger partial charge on any atom is 0.261 e. The Bertz CT molecular complexity index is 1040. The summed E-state index contributed by atoms with van der Waals surface area (Å²) in [4.78, 5) is 16.3. The fourth-order valence-electron chi connectivity index (χ4n) is 2.49. The molecular weight excluding hydrogens is 398 g/mol. The van der Waals surface area contributed by atoms with Crippen LogP contribution in [0.2, 0.25) is 5.02 Å². The number of hydrogen-bond donors (Lipinski definition) is 2. The number of hydrogen-bond acceptors (Lipinski definition) is 4. The summed E-state index contributed by atoms with van der Waals surface area (Å²) in [5.74, 6) is -0.265. The minimum absolute atomic E-state index is 0.0642. The number of aromatic nitrogens is 1. The second-order valence-electron chi connectivity index (χ2n) is 6.00. The van der Waals surface area contributed by atoms with E-state index in [1.807, 2.05) is 12.1 Å². The molecule has 0 radical (unpaired) electrons. The Morgan fingerprint density at radius 2 is 1.71 bits per heavy atom. The van der Waals surface area contributed by atoms with Crippen molar-refractivity contribution < 1.29 is 13.2 Å². The van der Waals surface area contributed by atoms with Crippen LogP contribution in [-0.4, -0.2) is 25.9 Å². The van der Waals surface area contributed by atoms with Crippen LogP contribution in [0, 0.1) is 0 Å². The van der Waals surface area contributed by atoms with Crippen molar-refractivity contribution in [2.24, 2.45) is 0 Å². The van der Waals surface area contributed by atoms with Gasteiger partial charge in [0.25, 0.3) is 15.9 Å². The Labute approximate surface area is 168 Å². The van der Waals surface area contributed by atoms with E-state index in [-0.39, 0.29) is 10.8 Å². The third kappa shape index (κ3) is 5.31. The van der Waals surface area contributed by atoms with Gasteiger partial charge in [0.05, 0.1) is 4.90 Å². The average molecular weight is 416 g/mol. The third-order valence-corrected chi connectivity index (χ3v) is 5.59. The van der Waals surface area contributed by atoms with Crippen LogP contribution in [0.15, 0.2) is 78.0 Å². The Morgan fingerprint density at radius 3 is 2.36 bits per heavy atom. The molecule has 28 heavy (non-hydrogen) atoms. The molecule has 6 nitrogen and oxygen atoms in total. The summed E-state index contributed by atoms with van der Waals surface area (Å²) < 4.78 is 27.4. The van der Waals surface area contributed by atoms with Crippen molar-refractivity contribution in [1.82, 2.24) is 10.3 Å². The standard InChI is InChI=1S/C20H18ClN3O3S/c21-17-5-7-18(8-6-17)24-28(26,27)19-9-3-16(4-10-19)20(25)23-13-11-15-2-1-12-22-14-15/h1-10,12,14,24H,11,13H2,(H,23,25). The highest BCUT2D eigenvalue weighted by Crippen LogP contribution is 2.18. The molecule has 0 fully saturated rings. The van der Waals surface area contributed by atoms with Gasteiger partial charge in [-0.2, -0.15) is 0 Å². The first-order chi connectivity index (χ1) is 13.4. The summed E-state index contributed by atoms with van der Waals surface area (Å²) in [6.07, 6.45) is 4.11. The second-order valence-corrected chi connectivity index (χ2v) is 8.12. The number of rotatable bonds is 7. The molecule has 1 amide bonds. The number of carbonyl (C=O) groups is 1. The maximum atomic E-state index is 12.4. The minimum Gasteiger partial charge on any atom is -0.352 e. The van der Waals surface area contributed by atoms with E-state index in [1.54, 1.807) is 36.7 Å². The molecule has 0 saturated carbocycles. The van der Waals surface area contributed by atoms with Gasteiger partial charge in [0, 0.05) is 35.2 Å². The van der Waals surface area contributed by atoms with Crippen LogP contribution in [0.1, 0.15) is 15.9 Å². The van der Waals surface area contributed by atoms with E-state index >= 15 is 0 Å². The Balaban J connectivity index is 1.60. The Kier molecular flexibility index (Phi) is 6.28. The summed E-state index contributed by atoms with van der Waals surface area (Å²) >= 11 is 5.80. The zero-order valence-corrected chi connectivity index (χ0v) is 16.4. The lowest BCUT2D eigenvalue weighted by Gasteiger charge is -2.09. The van der Waals surface area contributed by atoms with Gasteiger partial charge in [0.2, 0.25) is 0 Å². The summed E-state index contributed by atoms with van der Waals surface area (Å²) in [5.41, 5.74) is 1.82. The van der Waals surface area contributed by atoms with E-state index in [4.69, 9.17) is 11.6 Å². The van der Waals surface area contributed by atoms with Gasteiger partial charge in [-0.1, -0.05) is 17.7 Å². The van der Waals surface area contributed by atoms with E-state index in [0.29, 0.717) is 29.2 Å². The molecule has 0 saturated heterocycles. The molecular formula is C20H18ClN3O3S. The second kappa shape index (κ2) is 8.86. The molecule has 144 valence electrons. The van der Waals surface area contributed by atoms with E-state index in [2.05, 4.69) is 15.0 Å². The Hall–Kier alpha value is -2.90. The number of pyridine rings is 1. The van der Waals surface area contributed by atoms with Crippen LogP contribution in [0.25, 0.3) is 0 Å². The average Bonchev–Trinajstić information content (AvgIpc) is 2.70. The van der Waals surface area contributed by atoms with Crippen molar-refractivity contribution in [3.63, 3.8) is 0 Å². The van der Waals surface area contributed by atoms with Gasteiger partial charge in [0.15, 0.2) is 0 Å². The maximum absolute atomic E-state index is 12.4. The quantitative estimate of drug-likeness (QED) is 0.618. The van der Waals surface area contributed by atoms with Crippen molar-refractivity contribution in [1.29, 1.82) is 0 Å². The molecule has 1 heterocycles. The van der Waals surface area contributed by atoms with Crippen molar-refractivity contribution in [2.75, 3.05) is 11.3 Å². The zero-order chi connectivity index (χ0) is 20.0. The van der Waals surface area contributed by atoms with Crippen LogP contribution in [0.4, 0.5) is 5.69 Å². The van der Waals surface area contributed by atoms with Gasteiger partial charge < -0.3 is 5.32 Å². The summed E-state index contributed by atoms with van der Waals surface area (Å²) in [6.45, 7) is 0.461. The van der Waals surface area contributed by atoms with Crippen LogP contribution in [-0.2, 0) is 16.4 Å². The van der Waals surface area contributed by atoms with Crippen molar-refractivity contribution in [3.05, 3.63) is 89.2 Å². The molecule has 0 atom stereocenters. The van der Waals surface area contributed by atoms with Crippen LogP contribution in [0.3, 0.4) is 0 Å². The predicted octanol–water partition coefficient (Wildman–Crippen LogP) is 3.51. The highest BCUT2D eigenvalue weighted by atomic mass is 35.5. The topological polar surface area (TPSA) is 88.2 Å². The summed E-state index contributed by atoms with van der Waals surface area (Å²) in [5, 5.41) is 3.32. The monoisotopic (exact) mass is 415 g/mol. The SMILES string of the molecule is O=C(NCCc1cccnc1)c1ccc(S(=O)(=O)Nc2ccc(Cl)cc2)cc1. The Morgan fingerprint density at radius 1 is 1.00 bits per heavy atom. The highest BCUT2D eigenvalue weighted by Gasteiger charge is 2.15. The summed E-state index contributed by atoms with van der Waals surface area (Å²) in [7, 11) is -3.75. The lowest BCUT2D eigenvalue weighted by molar-refractivity contribution is 0.0954. The lowest BCUT2D eigenvalue weighted by atomic mass is 10.2. The summed E-state index contributed by atoms with van der Waals surface area (Å²) in [6, 6.07) is 15.9. The lowest BCUT2D eigenvalue weighted by Crippen LogP contribution is -2.25. The first-order valence-corrected chi connectivity index (χ1v) is 10.4. The molecule has 2 aromatic carbocycles. The predicted molar refractivity (Wildman–Crippen MR) is 109 cm³/mol. The molecule has 0 bridgehead atoms. The smallest absolute Gasteiger partial charge is 0.261 e. The molecule has 0 unspecified atom stereocenters. The normalized spacial score (nSPS) is 11.0. The third-order valence-electron chi connectivity index (χ3n) is 3.95. The van der Waals surface area contributed by atoms with Gasteiger partial charge in [-0.25, -0.2) is 8.42 Å². The van der Waals surface area contributed by atoms with Gasteiger partial charge in [0.1, 0.15) is 0 Å². The largest absolute Gasteiger partial charge is 0.352 e. The van der Waals surface area contributed by atoms with Gasteiger partial charge in [-0.3, -0.25) is 14.5 Å². The number of anilines is 1. The molecule has 0 spiro atoms. The number of carbonyl (C=O) groups excluding carboxylic acids is 1. The first-order valence-electron chi connectivity index (χ1n) is 8.49. The molecule has 8 heteroatoms. The van der Waals surface area contributed by atoms with Crippen molar-refractivity contribution in [2.45, 2.75) is 11.3 Å². The number of sulfonamides is 1. The number of amides is 1. The number of halogens is 1. The fourth-order valence-corrected chi connectivity index (χ4v) is 3.67. The molecule has 0 aliphatic heterocycles. The fraction of sp³-hybridized carbons (Fsp3) is 0.100. The van der Waals surface area contributed by atoms with E-state index < -0.39 is 10.0 Å². The van der Waals surface area contributed by atoms with E-state index in [0.717, 1.165) is 5.56 Å². The number of benzene rings is 2. The van der Waals surface area contributed by atoms with Gasteiger partial charge >= 0.3 is 0 Å².